The summed E-state index contributed by atoms with van der Waals surface area (Å²) >= 11 is 0. The lowest BCUT2D eigenvalue weighted by atomic mass is 10.0. The van der Waals surface area contributed by atoms with Gasteiger partial charge in [-0.1, -0.05) is 30.3 Å². The maximum absolute atomic E-state index is 12.3. The number of rotatable bonds is 4. The fourth-order valence-electron chi connectivity index (χ4n) is 2.32. The van der Waals surface area contributed by atoms with Crippen molar-refractivity contribution in [2.24, 2.45) is 5.73 Å². The van der Waals surface area contributed by atoms with Crippen LogP contribution in [0.5, 0.6) is 0 Å². The predicted octanol–water partition coefficient (Wildman–Crippen LogP) is -0.206. The van der Waals surface area contributed by atoms with Crippen molar-refractivity contribution in [1.29, 1.82) is 0 Å². The third-order valence-corrected chi connectivity index (χ3v) is 3.23. The highest BCUT2D eigenvalue weighted by Crippen LogP contribution is 2.25. The summed E-state index contributed by atoms with van der Waals surface area (Å²) in [7, 11) is 0. The lowest BCUT2D eigenvalue weighted by Crippen LogP contribution is -2.62. The topological polar surface area (TPSA) is 108 Å². The third kappa shape index (κ3) is 3.04. The largest absolute Gasteiger partial charge is 0.395 e. The summed E-state index contributed by atoms with van der Waals surface area (Å²) in [5.74, 6) is -0.299. The first-order valence-corrected chi connectivity index (χ1v) is 6.56. The summed E-state index contributed by atoms with van der Waals surface area (Å²) in [5.41, 5.74) is 6.98. The molecule has 1 aliphatic rings. The minimum atomic E-state index is -0.769. The molecular weight excluding hydrogens is 272 g/mol. The van der Waals surface area contributed by atoms with Crippen molar-refractivity contribution in [3.63, 3.8) is 0 Å². The fraction of sp³-hybridized carbons (Fsp3) is 0.286. The molecule has 1 aromatic carbocycles. The van der Waals surface area contributed by atoms with Crippen LogP contribution < -0.4 is 16.4 Å². The molecular formula is C14H18N4O3. The number of carbonyl (C=O) groups excluding carboxylic acids is 2. The summed E-state index contributed by atoms with van der Waals surface area (Å²) in [5, 5.41) is 14.4. The standard InChI is InChI=1S/C14H18N4O3/c1-9-11(10-5-3-2-4-6-10)12(20)17-14(16-7-8-19)18(9)13(15)21/h2-6,14,16,19H,7-8H2,1H3,(H2,15,21)(H,17,20). The van der Waals surface area contributed by atoms with Crippen LogP contribution >= 0.6 is 0 Å². The molecule has 1 aliphatic heterocycles. The van der Waals surface area contributed by atoms with E-state index < -0.39 is 12.3 Å². The molecule has 0 fully saturated rings. The van der Waals surface area contributed by atoms with E-state index in [1.165, 1.54) is 4.90 Å². The van der Waals surface area contributed by atoms with Crippen LogP contribution in [0, 0.1) is 0 Å². The Morgan fingerprint density at radius 2 is 2.10 bits per heavy atom. The van der Waals surface area contributed by atoms with Crippen LogP contribution in [0.25, 0.3) is 5.57 Å². The number of urea groups is 1. The maximum Gasteiger partial charge on any atom is 0.321 e. The van der Waals surface area contributed by atoms with Crippen molar-refractivity contribution in [1.82, 2.24) is 15.5 Å². The molecule has 0 aliphatic carbocycles. The normalized spacial score (nSPS) is 18.7. The molecule has 0 aromatic heterocycles. The van der Waals surface area contributed by atoms with E-state index in [-0.39, 0.29) is 19.1 Å². The highest BCUT2D eigenvalue weighted by molar-refractivity contribution is 6.21. The van der Waals surface area contributed by atoms with Crippen molar-refractivity contribution < 1.29 is 14.7 Å². The monoisotopic (exact) mass is 290 g/mol. The van der Waals surface area contributed by atoms with Gasteiger partial charge in [0, 0.05) is 12.2 Å². The Bertz CT molecular complexity index is 571. The SMILES string of the molecule is CC1=C(c2ccccc2)C(=O)NC(NCCO)N1C(N)=O. The third-order valence-electron chi connectivity index (χ3n) is 3.23. The molecule has 0 saturated carbocycles. The van der Waals surface area contributed by atoms with Crippen LogP contribution in [0.4, 0.5) is 4.79 Å². The van der Waals surface area contributed by atoms with Crippen molar-refractivity contribution in [2.45, 2.75) is 13.2 Å². The summed E-state index contributed by atoms with van der Waals surface area (Å²) in [6.45, 7) is 1.77. The Morgan fingerprint density at radius 3 is 2.67 bits per heavy atom. The number of amides is 3. The molecule has 0 bridgehead atoms. The second-order valence-corrected chi connectivity index (χ2v) is 4.59. The lowest BCUT2D eigenvalue weighted by molar-refractivity contribution is -0.118. The second-order valence-electron chi connectivity index (χ2n) is 4.59. The number of carbonyl (C=O) groups is 2. The van der Waals surface area contributed by atoms with Gasteiger partial charge < -0.3 is 16.2 Å². The zero-order chi connectivity index (χ0) is 15.4. The minimum absolute atomic E-state index is 0.118. The number of aliphatic hydroxyl groups is 1. The second kappa shape index (κ2) is 6.38. The first-order valence-electron chi connectivity index (χ1n) is 6.56. The Kier molecular flexibility index (Phi) is 4.56. The van der Waals surface area contributed by atoms with Gasteiger partial charge in [0.25, 0.3) is 5.91 Å². The molecule has 1 unspecified atom stereocenters. The number of aliphatic hydroxyl groups excluding tert-OH is 1. The van der Waals surface area contributed by atoms with Gasteiger partial charge in [0.15, 0.2) is 6.29 Å². The van der Waals surface area contributed by atoms with E-state index in [9.17, 15) is 9.59 Å². The van der Waals surface area contributed by atoms with E-state index >= 15 is 0 Å². The van der Waals surface area contributed by atoms with Crippen LogP contribution in [0.15, 0.2) is 36.0 Å². The molecule has 2 rings (SSSR count). The molecule has 0 radical (unpaired) electrons. The van der Waals surface area contributed by atoms with E-state index in [2.05, 4.69) is 10.6 Å². The van der Waals surface area contributed by atoms with Gasteiger partial charge in [-0.3, -0.25) is 15.0 Å². The molecule has 1 heterocycles. The van der Waals surface area contributed by atoms with E-state index in [0.29, 0.717) is 16.8 Å². The summed E-state index contributed by atoms with van der Waals surface area (Å²) in [6, 6.07) is 8.37. The van der Waals surface area contributed by atoms with Gasteiger partial charge in [0.05, 0.1) is 12.2 Å². The van der Waals surface area contributed by atoms with Gasteiger partial charge in [-0.2, -0.15) is 0 Å². The van der Waals surface area contributed by atoms with Crippen LogP contribution in [0.2, 0.25) is 0 Å². The van der Waals surface area contributed by atoms with Crippen molar-refractivity contribution in [2.75, 3.05) is 13.2 Å². The van der Waals surface area contributed by atoms with Gasteiger partial charge in [-0.25, -0.2) is 4.79 Å². The molecule has 7 heteroatoms. The Labute approximate surface area is 122 Å². The number of nitrogens with zero attached hydrogens (tertiary/aromatic N) is 1. The first kappa shape index (κ1) is 15.0. The number of allylic oxidation sites excluding steroid dienone is 1. The molecule has 112 valence electrons. The predicted molar refractivity (Wildman–Crippen MR) is 77.5 cm³/mol. The van der Waals surface area contributed by atoms with Gasteiger partial charge in [0.2, 0.25) is 0 Å². The fourth-order valence-corrected chi connectivity index (χ4v) is 2.32. The smallest absolute Gasteiger partial charge is 0.321 e. The van der Waals surface area contributed by atoms with E-state index in [1.807, 2.05) is 18.2 Å². The molecule has 1 atom stereocenters. The van der Waals surface area contributed by atoms with E-state index in [0.717, 1.165) is 0 Å². The lowest BCUT2D eigenvalue weighted by Gasteiger charge is -2.37. The van der Waals surface area contributed by atoms with Crippen molar-refractivity contribution >= 4 is 17.5 Å². The molecule has 1 aromatic rings. The Balaban J connectivity index is 2.42. The molecule has 5 N–H and O–H groups in total. The average Bonchev–Trinajstić information content (AvgIpc) is 2.45. The zero-order valence-electron chi connectivity index (χ0n) is 11.7. The molecule has 21 heavy (non-hydrogen) atoms. The summed E-state index contributed by atoms with van der Waals surface area (Å²) < 4.78 is 0. The van der Waals surface area contributed by atoms with Gasteiger partial charge in [-0.15, -0.1) is 0 Å². The van der Waals surface area contributed by atoms with E-state index in [4.69, 9.17) is 10.8 Å². The first-order chi connectivity index (χ1) is 10.1. The van der Waals surface area contributed by atoms with Crippen molar-refractivity contribution in [3.8, 4) is 0 Å². The summed E-state index contributed by atoms with van der Waals surface area (Å²) in [4.78, 5) is 25.2. The summed E-state index contributed by atoms with van der Waals surface area (Å²) in [6.07, 6.45) is -0.769. The number of nitrogens with one attached hydrogen (secondary N) is 2. The quantitative estimate of drug-likeness (QED) is 0.615. The highest BCUT2D eigenvalue weighted by Gasteiger charge is 2.34. The van der Waals surface area contributed by atoms with Gasteiger partial charge in [0.1, 0.15) is 0 Å². The number of hydrogen-bond acceptors (Lipinski definition) is 4. The Morgan fingerprint density at radius 1 is 1.43 bits per heavy atom. The van der Waals surface area contributed by atoms with Crippen molar-refractivity contribution in [3.05, 3.63) is 41.6 Å². The molecule has 7 nitrogen and oxygen atoms in total. The van der Waals surface area contributed by atoms with Crippen LogP contribution in [-0.4, -0.2) is 41.4 Å². The highest BCUT2D eigenvalue weighted by atomic mass is 16.3. The van der Waals surface area contributed by atoms with Gasteiger partial charge in [-0.05, 0) is 12.5 Å². The minimum Gasteiger partial charge on any atom is -0.395 e. The van der Waals surface area contributed by atoms with Crippen LogP contribution in [0.1, 0.15) is 12.5 Å². The maximum atomic E-state index is 12.3. The molecule has 3 amide bonds. The van der Waals surface area contributed by atoms with Gasteiger partial charge >= 0.3 is 6.03 Å². The number of benzene rings is 1. The average molecular weight is 290 g/mol. The Hall–Kier alpha value is -2.38. The number of nitrogens with two attached hydrogens (primary N) is 1. The number of primary amides is 1. The molecule has 0 saturated heterocycles. The van der Waals surface area contributed by atoms with Crippen LogP contribution in [-0.2, 0) is 4.79 Å². The number of hydrogen-bond donors (Lipinski definition) is 4. The van der Waals surface area contributed by atoms with Crippen LogP contribution in [0.3, 0.4) is 0 Å². The molecule has 0 spiro atoms. The zero-order valence-corrected chi connectivity index (χ0v) is 11.7. The van der Waals surface area contributed by atoms with E-state index in [1.54, 1.807) is 19.1 Å².